The highest BCUT2D eigenvalue weighted by atomic mass is 16.5. The Morgan fingerprint density at radius 3 is 2.47 bits per heavy atom. The van der Waals surface area contributed by atoms with Crippen molar-refractivity contribution >= 4 is 23.2 Å². The average Bonchev–Trinajstić information content (AvgIpc) is 3.04. The number of hydrogen-bond donors (Lipinski definition) is 2. The van der Waals surface area contributed by atoms with Gasteiger partial charge in [-0.2, -0.15) is 0 Å². The smallest absolute Gasteiger partial charge is 0.255 e. The normalized spacial score (nSPS) is 10.5. The molecule has 30 heavy (non-hydrogen) atoms. The van der Waals surface area contributed by atoms with Crippen LogP contribution in [0.5, 0.6) is 5.75 Å². The fraction of sp³-hybridized carbons (Fsp3) is 0.227. The molecule has 8 heteroatoms. The van der Waals surface area contributed by atoms with Crippen LogP contribution in [0.2, 0.25) is 0 Å². The second-order valence-corrected chi connectivity index (χ2v) is 6.64. The van der Waals surface area contributed by atoms with E-state index in [2.05, 4.69) is 15.8 Å². The zero-order valence-electron chi connectivity index (χ0n) is 17.0. The van der Waals surface area contributed by atoms with Crippen LogP contribution in [0.1, 0.15) is 27.4 Å². The van der Waals surface area contributed by atoms with Gasteiger partial charge in [0.2, 0.25) is 5.91 Å². The fourth-order valence-corrected chi connectivity index (χ4v) is 2.80. The standard InChI is InChI=1S/C22H23N3O5/c1-14-20(15(2)30-25-14)12-29-19-9-4-6-16(10-19)22(27)24-18-8-5-7-17(11-18)23-21(26)13-28-3/h4-11H,12-13H2,1-3H3,(H,23,26)(H,24,27). The van der Waals surface area contributed by atoms with Crippen molar-refractivity contribution in [3.8, 4) is 5.75 Å². The molecule has 2 amide bonds. The van der Waals surface area contributed by atoms with Crippen molar-refractivity contribution in [3.05, 3.63) is 71.1 Å². The van der Waals surface area contributed by atoms with Gasteiger partial charge in [-0.25, -0.2) is 0 Å². The van der Waals surface area contributed by atoms with Crippen molar-refractivity contribution in [2.75, 3.05) is 24.4 Å². The topological polar surface area (TPSA) is 103 Å². The van der Waals surface area contributed by atoms with E-state index >= 15 is 0 Å². The van der Waals surface area contributed by atoms with Crippen molar-refractivity contribution < 1.29 is 23.6 Å². The van der Waals surface area contributed by atoms with E-state index in [9.17, 15) is 9.59 Å². The summed E-state index contributed by atoms with van der Waals surface area (Å²) in [6, 6.07) is 13.8. The summed E-state index contributed by atoms with van der Waals surface area (Å²) in [7, 11) is 1.45. The molecular weight excluding hydrogens is 386 g/mol. The summed E-state index contributed by atoms with van der Waals surface area (Å²) in [6.45, 7) is 3.94. The van der Waals surface area contributed by atoms with Gasteiger partial charge in [0.1, 0.15) is 24.7 Å². The van der Waals surface area contributed by atoms with Crippen LogP contribution in [0.3, 0.4) is 0 Å². The van der Waals surface area contributed by atoms with Crippen LogP contribution < -0.4 is 15.4 Å². The Morgan fingerprint density at radius 1 is 1.03 bits per heavy atom. The SMILES string of the molecule is COCC(=O)Nc1cccc(NC(=O)c2cccc(OCc3c(C)noc3C)c2)c1. The molecular formula is C22H23N3O5. The number of anilines is 2. The van der Waals surface area contributed by atoms with Crippen LogP contribution >= 0.6 is 0 Å². The lowest BCUT2D eigenvalue weighted by Gasteiger charge is -2.10. The number of amides is 2. The van der Waals surface area contributed by atoms with Crippen LogP contribution in [0.4, 0.5) is 11.4 Å². The Bertz CT molecular complexity index is 1030. The Morgan fingerprint density at radius 2 is 1.77 bits per heavy atom. The molecule has 8 nitrogen and oxygen atoms in total. The molecule has 156 valence electrons. The van der Waals surface area contributed by atoms with Gasteiger partial charge in [-0.15, -0.1) is 0 Å². The highest BCUT2D eigenvalue weighted by molar-refractivity contribution is 6.05. The van der Waals surface area contributed by atoms with E-state index in [1.807, 2.05) is 13.8 Å². The predicted octanol–water partition coefficient (Wildman–Crippen LogP) is 3.71. The molecule has 2 N–H and O–H groups in total. The third kappa shape index (κ3) is 5.45. The first kappa shape index (κ1) is 21.1. The number of benzene rings is 2. The van der Waals surface area contributed by atoms with Crippen LogP contribution in [-0.4, -0.2) is 30.7 Å². The van der Waals surface area contributed by atoms with Crippen LogP contribution in [0.25, 0.3) is 0 Å². The largest absolute Gasteiger partial charge is 0.489 e. The number of hydrogen-bond acceptors (Lipinski definition) is 6. The molecule has 0 atom stereocenters. The molecule has 0 unspecified atom stereocenters. The molecule has 1 heterocycles. The first-order valence-electron chi connectivity index (χ1n) is 9.31. The summed E-state index contributed by atoms with van der Waals surface area (Å²) in [6.07, 6.45) is 0. The molecule has 2 aromatic carbocycles. The summed E-state index contributed by atoms with van der Waals surface area (Å²) >= 11 is 0. The lowest BCUT2D eigenvalue weighted by atomic mass is 10.2. The number of ether oxygens (including phenoxy) is 2. The number of carbonyl (C=O) groups is 2. The number of aromatic nitrogens is 1. The molecule has 0 saturated heterocycles. The Kier molecular flexibility index (Phi) is 6.82. The zero-order valence-corrected chi connectivity index (χ0v) is 17.0. The zero-order chi connectivity index (χ0) is 21.5. The van der Waals surface area contributed by atoms with Crippen molar-refractivity contribution in [1.29, 1.82) is 0 Å². The molecule has 0 bridgehead atoms. The number of rotatable bonds is 8. The quantitative estimate of drug-likeness (QED) is 0.588. The molecule has 0 aliphatic heterocycles. The van der Waals surface area contributed by atoms with E-state index in [0.717, 1.165) is 11.3 Å². The number of aryl methyl sites for hydroxylation is 2. The van der Waals surface area contributed by atoms with Gasteiger partial charge in [-0.05, 0) is 50.2 Å². The predicted molar refractivity (Wildman–Crippen MR) is 112 cm³/mol. The Balaban J connectivity index is 1.64. The van der Waals surface area contributed by atoms with Crippen molar-refractivity contribution in [3.63, 3.8) is 0 Å². The Labute approximate surface area is 174 Å². The van der Waals surface area contributed by atoms with Crippen LogP contribution in [0, 0.1) is 13.8 Å². The van der Waals surface area contributed by atoms with Gasteiger partial charge >= 0.3 is 0 Å². The minimum absolute atomic E-state index is 0.0443. The molecule has 1 aromatic heterocycles. The summed E-state index contributed by atoms with van der Waals surface area (Å²) in [5.41, 5.74) is 3.22. The molecule has 0 saturated carbocycles. The first-order chi connectivity index (χ1) is 14.5. The molecule has 3 aromatic rings. The van der Waals surface area contributed by atoms with Gasteiger partial charge < -0.3 is 24.6 Å². The van der Waals surface area contributed by atoms with E-state index in [4.69, 9.17) is 14.0 Å². The molecule has 3 rings (SSSR count). The van der Waals surface area contributed by atoms with Crippen molar-refractivity contribution in [2.45, 2.75) is 20.5 Å². The van der Waals surface area contributed by atoms with Crippen LogP contribution in [-0.2, 0) is 16.1 Å². The minimum atomic E-state index is -0.293. The number of carbonyl (C=O) groups excluding carboxylic acids is 2. The van der Waals surface area contributed by atoms with Crippen molar-refractivity contribution in [2.24, 2.45) is 0 Å². The highest BCUT2D eigenvalue weighted by Gasteiger charge is 2.12. The fourth-order valence-electron chi connectivity index (χ4n) is 2.80. The summed E-state index contributed by atoms with van der Waals surface area (Å²) in [4.78, 5) is 24.3. The van der Waals surface area contributed by atoms with Crippen LogP contribution in [0.15, 0.2) is 53.1 Å². The molecule has 0 spiro atoms. The van der Waals surface area contributed by atoms with Gasteiger partial charge in [-0.3, -0.25) is 9.59 Å². The van der Waals surface area contributed by atoms with Gasteiger partial charge in [-0.1, -0.05) is 17.3 Å². The second-order valence-electron chi connectivity index (χ2n) is 6.64. The number of methoxy groups -OCH3 is 1. The third-order valence-corrected chi connectivity index (χ3v) is 4.34. The van der Waals surface area contributed by atoms with Gasteiger partial charge in [0.05, 0.1) is 11.3 Å². The minimum Gasteiger partial charge on any atom is -0.489 e. The maximum absolute atomic E-state index is 12.6. The lowest BCUT2D eigenvalue weighted by molar-refractivity contribution is -0.119. The summed E-state index contributed by atoms with van der Waals surface area (Å²) in [5.74, 6) is 0.698. The lowest BCUT2D eigenvalue weighted by Crippen LogP contribution is -2.17. The van der Waals surface area contributed by atoms with E-state index in [1.165, 1.54) is 7.11 Å². The van der Waals surface area contributed by atoms with E-state index in [0.29, 0.717) is 35.1 Å². The van der Waals surface area contributed by atoms with E-state index in [1.54, 1.807) is 48.5 Å². The maximum Gasteiger partial charge on any atom is 0.255 e. The molecule has 0 radical (unpaired) electrons. The Hall–Kier alpha value is -3.65. The van der Waals surface area contributed by atoms with E-state index < -0.39 is 0 Å². The average molecular weight is 409 g/mol. The summed E-state index contributed by atoms with van der Waals surface area (Å²) < 4.78 is 15.7. The summed E-state index contributed by atoms with van der Waals surface area (Å²) in [5, 5.41) is 9.42. The third-order valence-electron chi connectivity index (χ3n) is 4.34. The van der Waals surface area contributed by atoms with Gasteiger partial charge in [0.25, 0.3) is 5.91 Å². The second kappa shape index (κ2) is 9.71. The maximum atomic E-state index is 12.6. The first-order valence-corrected chi connectivity index (χ1v) is 9.31. The van der Waals surface area contributed by atoms with Gasteiger partial charge in [0, 0.05) is 24.0 Å². The molecule has 0 aliphatic rings. The highest BCUT2D eigenvalue weighted by Crippen LogP contribution is 2.20. The van der Waals surface area contributed by atoms with E-state index in [-0.39, 0.29) is 18.4 Å². The molecule has 0 fully saturated rings. The number of nitrogens with zero attached hydrogens (tertiary/aromatic N) is 1. The number of nitrogens with one attached hydrogen (secondary N) is 2. The molecule has 0 aliphatic carbocycles. The monoisotopic (exact) mass is 409 g/mol. The van der Waals surface area contributed by atoms with Crippen molar-refractivity contribution in [1.82, 2.24) is 5.16 Å². The van der Waals surface area contributed by atoms with Gasteiger partial charge in [0.15, 0.2) is 0 Å².